The van der Waals surface area contributed by atoms with Crippen LogP contribution in [0.2, 0.25) is 0 Å². The highest BCUT2D eigenvalue weighted by Gasteiger charge is 2.28. The van der Waals surface area contributed by atoms with Gasteiger partial charge in [0.1, 0.15) is 11.8 Å². The van der Waals surface area contributed by atoms with Crippen LogP contribution in [0.4, 0.5) is 0 Å². The molecule has 0 unspecified atom stereocenters. The Morgan fingerprint density at radius 3 is 2.25 bits per heavy atom. The number of carbonyl (C=O) groups excluding carboxylic acids is 2. The van der Waals surface area contributed by atoms with Crippen LogP contribution in [-0.4, -0.2) is 49.1 Å². The zero-order valence-corrected chi connectivity index (χ0v) is 22.0. The fraction of sp³-hybridized carbons (Fsp3) is 0.517. The molecular weight excluding hydrogens is 456 g/mol. The fourth-order valence-corrected chi connectivity index (χ4v) is 4.55. The zero-order chi connectivity index (χ0) is 25.9. The first-order valence-corrected chi connectivity index (χ1v) is 13.1. The lowest BCUT2D eigenvalue weighted by molar-refractivity contribution is -0.140. The van der Waals surface area contributed by atoms with E-state index in [4.69, 9.17) is 14.2 Å². The maximum absolute atomic E-state index is 13.5. The molecule has 1 atom stereocenters. The molecule has 2 aromatic rings. The van der Waals surface area contributed by atoms with Crippen molar-refractivity contribution in [3.05, 3.63) is 53.6 Å². The van der Waals surface area contributed by atoms with Gasteiger partial charge in [0, 0.05) is 19.0 Å². The molecule has 0 aromatic heterocycles. The van der Waals surface area contributed by atoms with Crippen LogP contribution in [0.1, 0.15) is 64.0 Å². The minimum Gasteiger partial charge on any atom is -0.497 e. The SMILES string of the molecule is CCOc1ccc(CCC(=O)N(Cc2ccc(OC)cc2)[C@H](C)C(=O)NC2CCCC2)cc1OCC. The number of methoxy groups -OCH3 is 1. The number of aryl methyl sites for hydroxylation is 1. The number of amides is 2. The largest absolute Gasteiger partial charge is 0.497 e. The number of hydrogen-bond donors (Lipinski definition) is 1. The van der Waals surface area contributed by atoms with E-state index < -0.39 is 6.04 Å². The molecule has 1 saturated carbocycles. The molecule has 1 aliphatic rings. The maximum Gasteiger partial charge on any atom is 0.242 e. The highest BCUT2D eigenvalue weighted by Crippen LogP contribution is 2.29. The topological polar surface area (TPSA) is 77.1 Å². The lowest BCUT2D eigenvalue weighted by Gasteiger charge is -2.30. The molecule has 1 N–H and O–H groups in total. The summed E-state index contributed by atoms with van der Waals surface area (Å²) in [5, 5.41) is 3.15. The number of ether oxygens (including phenoxy) is 3. The molecule has 0 radical (unpaired) electrons. The number of hydrogen-bond acceptors (Lipinski definition) is 5. The Labute approximate surface area is 215 Å². The summed E-state index contributed by atoms with van der Waals surface area (Å²) in [6, 6.07) is 13.0. The van der Waals surface area contributed by atoms with Gasteiger partial charge in [0.25, 0.3) is 0 Å². The predicted molar refractivity (Wildman–Crippen MR) is 141 cm³/mol. The van der Waals surface area contributed by atoms with Crippen LogP contribution in [0.15, 0.2) is 42.5 Å². The summed E-state index contributed by atoms with van der Waals surface area (Å²) in [5.74, 6) is 1.98. The fourth-order valence-electron chi connectivity index (χ4n) is 4.55. The molecule has 7 heteroatoms. The van der Waals surface area contributed by atoms with E-state index in [1.165, 1.54) is 0 Å². The molecule has 36 heavy (non-hydrogen) atoms. The maximum atomic E-state index is 13.5. The van der Waals surface area contributed by atoms with E-state index >= 15 is 0 Å². The number of carbonyl (C=O) groups is 2. The van der Waals surface area contributed by atoms with Crippen molar-refractivity contribution in [1.29, 1.82) is 0 Å². The summed E-state index contributed by atoms with van der Waals surface area (Å²) >= 11 is 0. The molecule has 196 valence electrons. The Bertz CT molecular complexity index is 986. The normalized spacial score (nSPS) is 14.2. The van der Waals surface area contributed by atoms with Crippen LogP contribution in [0, 0.1) is 0 Å². The molecule has 0 heterocycles. The van der Waals surface area contributed by atoms with E-state index in [-0.39, 0.29) is 24.3 Å². The summed E-state index contributed by atoms with van der Waals surface area (Å²) in [4.78, 5) is 28.2. The van der Waals surface area contributed by atoms with Gasteiger partial charge in [0.2, 0.25) is 11.8 Å². The van der Waals surface area contributed by atoms with E-state index in [0.717, 1.165) is 42.6 Å². The summed E-state index contributed by atoms with van der Waals surface area (Å²) < 4.78 is 16.6. The van der Waals surface area contributed by atoms with Gasteiger partial charge in [-0.15, -0.1) is 0 Å². The van der Waals surface area contributed by atoms with Crippen LogP contribution >= 0.6 is 0 Å². The first kappa shape index (κ1) is 27.4. The van der Waals surface area contributed by atoms with Crippen molar-refractivity contribution in [1.82, 2.24) is 10.2 Å². The standard InChI is InChI=1S/C29H40N2O5/c1-5-35-26-17-13-22(19-27(26)36-6-2)14-18-28(32)31(20-23-11-15-25(34-4)16-12-23)21(3)29(33)30-24-9-7-8-10-24/h11-13,15-17,19,21,24H,5-10,14,18,20H2,1-4H3,(H,30,33)/t21-/m1/s1. The third-order valence-corrected chi connectivity index (χ3v) is 6.62. The van der Waals surface area contributed by atoms with Crippen LogP contribution in [0.25, 0.3) is 0 Å². The first-order chi connectivity index (χ1) is 17.4. The molecule has 1 aliphatic carbocycles. The Hall–Kier alpha value is -3.22. The molecular formula is C29H40N2O5. The van der Waals surface area contributed by atoms with Crippen molar-refractivity contribution in [2.24, 2.45) is 0 Å². The number of rotatable bonds is 13. The number of nitrogens with one attached hydrogen (secondary N) is 1. The average Bonchev–Trinajstić information content (AvgIpc) is 3.40. The molecule has 1 fully saturated rings. The second kappa shape index (κ2) is 13.8. The van der Waals surface area contributed by atoms with Crippen molar-refractivity contribution >= 4 is 11.8 Å². The first-order valence-electron chi connectivity index (χ1n) is 13.1. The molecule has 3 rings (SSSR count). The number of benzene rings is 2. The minimum absolute atomic E-state index is 0.0632. The predicted octanol–water partition coefficient (Wildman–Crippen LogP) is 4.90. The van der Waals surface area contributed by atoms with Gasteiger partial charge in [0.05, 0.1) is 20.3 Å². The Balaban J connectivity index is 1.72. The third-order valence-electron chi connectivity index (χ3n) is 6.62. The van der Waals surface area contributed by atoms with E-state index in [2.05, 4.69) is 5.32 Å². The van der Waals surface area contributed by atoms with E-state index in [1.54, 1.807) is 12.0 Å². The lowest BCUT2D eigenvalue weighted by Crippen LogP contribution is -2.49. The van der Waals surface area contributed by atoms with Gasteiger partial charge < -0.3 is 24.4 Å². The van der Waals surface area contributed by atoms with Crippen molar-refractivity contribution < 1.29 is 23.8 Å². The Morgan fingerprint density at radius 1 is 0.972 bits per heavy atom. The smallest absolute Gasteiger partial charge is 0.242 e. The van der Waals surface area contributed by atoms with Crippen molar-refractivity contribution in [2.45, 2.75) is 77.9 Å². The molecule has 0 spiro atoms. The van der Waals surface area contributed by atoms with Crippen molar-refractivity contribution in [3.63, 3.8) is 0 Å². The quantitative estimate of drug-likeness (QED) is 0.427. The Kier molecular flexibility index (Phi) is 10.5. The summed E-state index contributed by atoms with van der Waals surface area (Å²) in [5.41, 5.74) is 1.94. The molecule has 0 aliphatic heterocycles. The zero-order valence-electron chi connectivity index (χ0n) is 22.0. The highest BCUT2D eigenvalue weighted by molar-refractivity contribution is 5.87. The van der Waals surface area contributed by atoms with Gasteiger partial charge >= 0.3 is 0 Å². The molecule has 0 bridgehead atoms. The van der Waals surface area contributed by atoms with E-state index in [1.807, 2.05) is 63.2 Å². The van der Waals surface area contributed by atoms with Gasteiger partial charge in [0.15, 0.2) is 11.5 Å². The van der Waals surface area contributed by atoms with Crippen molar-refractivity contribution in [2.75, 3.05) is 20.3 Å². The van der Waals surface area contributed by atoms with Crippen LogP contribution in [-0.2, 0) is 22.6 Å². The monoisotopic (exact) mass is 496 g/mol. The summed E-state index contributed by atoms with van der Waals surface area (Å²) in [7, 11) is 1.62. The molecule has 2 amide bonds. The lowest BCUT2D eigenvalue weighted by atomic mass is 10.1. The van der Waals surface area contributed by atoms with E-state index in [9.17, 15) is 9.59 Å². The molecule has 7 nitrogen and oxygen atoms in total. The Morgan fingerprint density at radius 2 is 1.61 bits per heavy atom. The van der Waals surface area contributed by atoms with Crippen molar-refractivity contribution in [3.8, 4) is 17.2 Å². The number of nitrogens with zero attached hydrogens (tertiary/aromatic N) is 1. The van der Waals surface area contributed by atoms with Crippen LogP contribution in [0.5, 0.6) is 17.2 Å². The molecule has 0 saturated heterocycles. The van der Waals surface area contributed by atoms with Crippen LogP contribution in [0.3, 0.4) is 0 Å². The van der Waals surface area contributed by atoms with Gasteiger partial charge in [-0.25, -0.2) is 0 Å². The second-order valence-electron chi connectivity index (χ2n) is 9.18. The average molecular weight is 497 g/mol. The van der Waals surface area contributed by atoms with Gasteiger partial charge in [-0.05, 0) is 75.4 Å². The van der Waals surface area contributed by atoms with Gasteiger partial charge in [-0.1, -0.05) is 31.0 Å². The summed E-state index contributed by atoms with van der Waals surface area (Å²) in [6.07, 6.45) is 5.12. The van der Waals surface area contributed by atoms with Gasteiger partial charge in [-0.2, -0.15) is 0 Å². The van der Waals surface area contributed by atoms with E-state index in [0.29, 0.717) is 37.7 Å². The van der Waals surface area contributed by atoms with Gasteiger partial charge in [-0.3, -0.25) is 9.59 Å². The minimum atomic E-state index is -0.570. The highest BCUT2D eigenvalue weighted by atomic mass is 16.5. The third kappa shape index (κ3) is 7.64. The van der Waals surface area contributed by atoms with Crippen LogP contribution < -0.4 is 19.5 Å². The molecule has 2 aromatic carbocycles. The summed E-state index contributed by atoms with van der Waals surface area (Å²) in [6.45, 7) is 7.13. The second-order valence-corrected chi connectivity index (χ2v) is 9.18.